The van der Waals surface area contributed by atoms with Crippen LogP contribution in [0.1, 0.15) is 23.6 Å². The van der Waals surface area contributed by atoms with Gasteiger partial charge in [-0.2, -0.15) is 10.1 Å². The molecule has 0 amide bonds. The van der Waals surface area contributed by atoms with Crippen molar-refractivity contribution in [2.45, 2.75) is 12.5 Å². The quantitative estimate of drug-likeness (QED) is 0.604. The first-order valence-corrected chi connectivity index (χ1v) is 9.79. The molecule has 2 heterocycles. The molecule has 3 aromatic rings. The minimum atomic E-state index is -0.0501. The molecule has 0 bridgehead atoms. The van der Waals surface area contributed by atoms with Crippen molar-refractivity contribution in [3.8, 4) is 11.6 Å². The Morgan fingerprint density at radius 3 is 2.56 bits per heavy atom. The highest BCUT2D eigenvalue weighted by atomic mass is 35.5. The lowest BCUT2D eigenvalue weighted by Crippen LogP contribution is -2.18. The van der Waals surface area contributed by atoms with Crippen LogP contribution in [-0.2, 0) is 0 Å². The second-order valence-electron chi connectivity index (χ2n) is 6.00. The van der Waals surface area contributed by atoms with Crippen LogP contribution in [0.4, 0.5) is 5.13 Å². The Hall–Kier alpha value is -2.28. The van der Waals surface area contributed by atoms with Gasteiger partial charge in [-0.15, -0.1) is 0 Å². The van der Waals surface area contributed by atoms with E-state index in [2.05, 4.69) is 4.98 Å². The molecule has 0 saturated heterocycles. The van der Waals surface area contributed by atoms with Gasteiger partial charge >= 0.3 is 0 Å². The molecule has 1 N–H and O–H groups in total. The molecule has 2 aromatic carbocycles. The minimum Gasteiger partial charge on any atom is -0.497 e. The Kier molecular flexibility index (Phi) is 4.95. The second kappa shape index (κ2) is 7.38. The fraction of sp³-hybridized carbons (Fsp3) is 0.158. The number of hydrogen-bond donors (Lipinski definition) is 1. The average Bonchev–Trinajstić information content (AvgIpc) is 3.30. The third-order valence-corrected chi connectivity index (χ3v) is 5.90. The van der Waals surface area contributed by atoms with E-state index < -0.39 is 0 Å². The number of aromatic nitrogens is 1. The van der Waals surface area contributed by atoms with Gasteiger partial charge < -0.3 is 9.84 Å². The Morgan fingerprint density at radius 1 is 1.15 bits per heavy atom. The van der Waals surface area contributed by atoms with Gasteiger partial charge in [0.2, 0.25) is 11.0 Å². The van der Waals surface area contributed by atoms with Crippen LogP contribution < -0.4 is 9.75 Å². The zero-order valence-electron chi connectivity index (χ0n) is 14.3. The number of halogens is 2. The van der Waals surface area contributed by atoms with Gasteiger partial charge in [0.05, 0.1) is 34.3 Å². The topological polar surface area (TPSA) is 58.0 Å². The van der Waals surface area contributed by atoms with Crippen LogP contribution in [0.2, 0.25) is 10.0 Å². The molecule has 1 unspecified atom stereocenters. The lowest BCUT2D eigenvalue weighted by atomic mass is 9.98. The molecule has 0 fully saturated rings. The van der Waals surface area contributed by atoms with Gasteiger partial charge in [-0.3, -0.25) is 0 Å². The van der Waals surface area contributed by atoms with Crippen molar-refractivity contribution in [2.24, 2.45) is 5.10 Å². The summed E-state index contributed by atoms with van der Waals surface area (Å²) in [5, 5.41) is 19.5. The third kappa shape index (κ3) is 3.60. The van der Waals surface area contributed by atoms with Gasteiger partial charge in [0.25, 0.3) is 0 Å². The normalized spacial score (nSPS) is 16.5. The molecule has 5 nitrogen and oxygen atoms in total. The van der Waals surface area contributed by atoms with Gasteiger partial charge in [0.15, 0.2) is 0 Å². The van der Waals surface area contributed by atoms with E-state index in [9.17, 15) is 5.11 Å². The largest absolute Gasteiger partial charge is 0.497 e. The maximum Gasteiger partial charge on any atom is 0.223 e. The van der Waals surface area contributed by atoms with E-state index in [1.165, 1.54) is 11.3 Å². The number of hydrazone groups is 1. The highest BCUT2D eigenvalue weighted by molar-refractivity contribution is 7.13. The van der Waals surface area contributed by atoms with Crippen LogP contribution in [0.25, 0.3) is 0 Å². The van der Waals surface area contributed by atoms with E-state index in [-0.39, 0.29) is 11.9 Å². The van der Waals surface area contributed by atoms with Gasteiger partial charge in [0.1, 0.15) is 5.75 Å². The fourth-order valence-corrected chi connectivity index (χ4v) is 3.97. The Labute approximate surface area is 170 Å². The van der Waals surface area contributed by atoms with Crippen molar-refractivity contribution in [1.29, 1.82) is 0 Å². The van der Waals surface area contributed by atoms with Crippen LogP contribution in [0, 0.1) is 0 Å². The van der Waals surface area contributed by atoms with Crippen molar-refractivity contribution in [2.75, 3.05) is 12.1 Å². The minimum absolute atomic E-state index is 0.0123. The van der Waals surface area contributed by atoms with Crippen molar-refractivity contribution in [3.05, 3.63) is 69.0 Å². The predicted octanol–water partition coefficient (Wildman–Crippen LogP) is 5.52. The van der Waals surface area contributed by atoms with Gasteiger partial charge in [0, 0.05) is 6.42 Å². The van der Waals surface area contributed by atoms with E-state index in [0.717, 1.165) is 22.6 Å². The number of nitrogens with zero attached hydrogens (tertiary/aromatic N) is 3. The first-order chi connectivity index (χ1) is 13.0. The number of aromatic hydroxyl groups is 1. The SMILES string of the molecule is COc1ccc(C2CC(c3ccc(Cl)c(Cl)c3)=NN2c2nc(O)cs2)cc1. The van der Waals surface area contributed by atoms with Gasteiger partial charge in [-0.25, -0.2) is 5.01 Å². The standard InChI is InChI=1S/C19H15Cl2N3O2S/c1-26-13-5-2-11(3-6-13)17-9-16(12-4-7-14(20)15(21)8-12)23-24(17)19-22-18(25)10-27-19/h2-8,10,17,25H,9H2,1H3. The molecule has 0 radical (unpaired) electrons. The second-order valence-corrected chi connectivity index (χ2v) is 7.65. The summed E-state index contributed by atoms with van der Waals surface area (Å²) in [6.07, 6.45) is 0.671. The molecule has 0 saturated carbocycles. The molecule has 1 aliphatic rings. The number of hydrogen-bond acceptors (Lipinski definition) is 6. The van der Waals surface area contributed by atoms with Crippen LogP contribution >= 0.6 is 34.5 Å². The molecule has 8 heteroatoms. The average molecular weight is 420 g/mol. The smallest absolute Gasteiger partial charge is 0.223 e. The number of anilines is 1. The highest BCUT2D eigenvalue weighted by Gasteiger charge is 2.32. The van der Waals surface area contributed by atoms with E-state index in [0.29, 0.717) is 21.6 Å². The molecule has 4 rings (SSSR count). The summed E-state index contributed by atoms with van der Waals surface area (Å²) in [5.41, 5.74) is 2.86. The van der Waals surface area contributed by atoms with Crippen molar-refractivity contribution < 1.29 is 9.84 Å². The number of methoxy groups -OCH3 is 1. The summed E-state index contributed by atoms with van der Waals surface area (Å²) < 4.78 is 5.25. The molecule has 1 atom stereocenters. The summed E-state index contributed by atoms with van der Waals surface area (Å²) in [5.74, 6) is 0.780. The van der Waals surface area contributed by atoms with Crippen LogP contribution in [0.3, 0.4) is 0 Å². The zero-order chi connectivity index (χ0) is 19.0. The summed E-state index contributed by atoms with van der Waals surface area (Å²) in [6.45, 7) is 0. The first-order valence-electron chi connectivity index (χ1n) is 8.15. The van der Waals surface area contributed by atoms with Gasteiger partial charge in [-0.1, -0.05) is 52.7 Å². The van der Waals surface area contributed by atoms with Crippen molar-refractivity contribution in [1.82, 2.24) is 4.98 Å². The Morgan fingerprint density at radius 2 is 1.93 bits per heavy atom. The predicted molar refractivity (Wildman–Crippen MR) is 110 cm³/mol. The summed E-state index contributed by atoms with van der Waals surface area (Å²) in [6, 6.07) is 13.3. The number of rotatable bonds is 4. The molecule has 0 aliphatic carbocycles. The van der Waals surface area contributed by atoms with E-state index >= 15 is 0 Å². The number of thiazole rings is 1. The summed E-state index contributed by atoms with van der Waals surface area (Å²) >= 11 is 13.6. The van der Waals surface area contributed by atoms with Crippen LogP contribution in [0.5, 0.6) is 11.6 Å². The summed E-state index contributed by atoms with van der Waals surface area (Å²) in [7, 11) is 1.64. The lowest BCUT2D eigenvalue weighted by Gasteiger charge is -2.21. The Bertz CT molecular complexity index is 1000. The van der Waals surface area contributed by atoms with Crippen LogP contribution in [0.15, 0.2) is 52.9 Å². The Balaban J connectivity index is 1.73. The molecule has 1 aromatic heterocycles. The molecule has 27 heavy (non-hydrogen) atoms. The zero-order valence-corrected chi connectivity index (χ0v) is 16.6. The molecule has 0 spiro atoms. The molecular weight excluding hydrogens is 405 g/mol. The molecular formula is C19H15Cl2N3O2S. The molecule has 1 aliphatic heterocycles. The third-order valence-electron chi connectivity index (χ3n) is 4.34. The molecule has 138 valence electrons. The fourth-order valence-electron chi connectivity index (χ4n) is 2.98. The first kappa shape index (κ1) is 18.1. The highest BCUT2D eigenvalue weighted by Crippen LogP contribution is 2.39. The van der Waals surface area contributed by atoms with Crippen LogP contribution in [-0.4, -0.2) is 22.9 Å². The summed E-state index contributed by atoms with van der Waals surface area (Å²) in [4.78, 5) is 4.18. The van der Waals surface area contributed by atoms with Crippen molar-refractivity contribution in [3.63, 3.8) is 0 Å². The van der Waals surface area contributed by atoms with E-state index in [1.54, 1.807) is 18.6 Å². The maximum absolute atomic E-state index is 9.66. The lowest BCUT2D eigenvalue weighted by molar-refractivity contribution is 0.414. The van der Waals surface area contributed by atoms with Crippen molar-refractivity contribution >= 4 is 45.4 Å². The number of benzene rings is 2. The van der Waals surface area contributed by atoms with E-state index in [4.69, 9.17) is 33.0 Å². The number of ether oxygens (including phenoxy) is 1. The van der Waals surface area contributed by atoms with E-state index in [1.807, 2.05) is 41.4 Å². The monoisotopic (exact) mass is 419 g/mol. The maximum atomic E-state index is 9.66. The van der Waals surface area contributed by atoms with Gasteiger partial charge in [-0.05, 0) is 35.4 Å².